The van der Waals surface area contributed by atoms with Crippen LogP contribution in [0.25, 0.3) is 5.57 Å². The number of aromatic amines is 1. The number of pyridine rings is 1. The average molecular weight is 448 g/mol. The van der Waals surface area contributed by atoms with Crippen molar-refractivity contribution in [1.82, 2.24) is 10.3 Å². The average Bonchev–Trinajstić information content (AvgIpc) is 3.22. The van der Waals surface area contributed by atoms with Crippen LogP contribution in [0, 0.1) is 6.92 Å². The van der Waals surface area contributed by atoms with Crippen LogP contribution < -0.4 is 22.3 Å². The lowest BCUT2D eigenvalue weighted by Crippen LogP contribution is -2.31. The quantitative estimate of drug-likeness (QED) is 0.483. The van der Waals surface area contributed by atoms with E-state index in [1.54, 1.807) is 25.3 Å². The molecule has 1 amide bonds. The molecule has 1 aliphatic heterocycles. The fourth-order valence-corrected chi connectivity index (χ4v) is 6.09. The number of nitrogens with zero attached hydrogens (tertiary/aromatic N) is 1. The Hall–Kier alpha value is -3.18. The minimum atomic E-state index is -4.14. The first-order chi connectivity index (χ1) is 14.1. The van der Waals surface area contributed by atoms with Crippen molar-refractivity contribution in [2.45, 2.75) is 29.0 Å². The van der Waals surface area contributed by atoms with Crippen molar-refractivity contribution in [2.24, 2.45) is 10.7 Å². The maximum atomic E-state index is 13.4. The Morgan fingerprint density at radius 1 is 1.40 bits per heavy atom. The smallest absolute Gasteiger partial charge is 0.272 e. The zero-order valence-electron chi connectivity index (χ0n) is 16.4. The van der Waals surface area contributed by atoms with E-state index in [4.69, 9.17) is 11.5 Å². The van der Waals surface area contributed by atoms with Crippen LogP contribution >= 0.6 is 11.3 Å². The number of hydrogen-bond donors (Lipinski definition) is 4. The van der Waals surface area contributed by atoms with Crippen molar-refractivity contribution >= 4 is 44.7 Å². The molecular formula is C19H21N5O4S2. The molecule has 2 aromatic heterocycles. The Morgan fingerprint density at radius 2 is 2.10 bits per heavy atom. The van der Waals surface area contributed by atoms with Crippen molar-refractivity contribution < 1.29 is 13.2 Å². The van der Waals surface area contributed by atoms with Gasteiger partial charge in [0.25, 0.3) is 5.56 Å². The second-order valence-corrected chi connectivity index (χ2v) is 9.76. The number of aryl methyl sites for hydroxylation is 1. The normalized spacial score (nSPS) is 17.1. The highest BCUT2D eigenvalue weighted by molar-refractivity contribution is 7.93. The summed E-state index contributed by atoms with van der Waals surface area (Å²) in [5.41, 5.74) is 12.8. The zero-order valence-corrected chi connectivity index (χ0v) is 18.0. The number of carbonyl (C=O) groups is 1. The molecule has 0 radical (unpaired) electrons. The number of thiophene rings is 1. The van der Waals surface area contributed by atoms with Crippen molar-refractivity contribution in [3.8, 4) is 0 Å². The molecule has 6 N–H and O–H groups in total. The van der Waals surface area contributed by atoms with Gasteiger partial charge in [-0.3, -0.25) is 14.6 Å². The zero-order chi connectivity index (χ0) is 22.2. The lowest BCUT2D eigenvalue weighted by Gasteiger charge is -2.27. The van der Waals surface area contributed by atoms with Crippen LogP contribution in [0.3, 0.4) is 0 Å². The topological polar surface area (TPSA) is 160 Å². The predicted octanol–water partition coefficient (Wildman–Crippen LogP) is 0.975. The molecule has 1 unspecified atom stereocenters. The first-order valence-corrected chi connectivity index (χ1v) is 11.2. The molecule has 0 saturated carbocycles. The van der Waals surface area contributed by atoms with Gasteiger partial charge in [0, 0.05) is 23.4 Å². The van der Waals surface area contributed by atoms with E-state index in [1.807, 2.05) is 0 Å². The first kappa shape index (κ1) is 21.5. The number of aliphatic imine (C=N–C) groups is 1. The monoisotopic (exact) mass is 447 g/mol. The Balaban J connectivity index is 2.46. The molecule has 0 bridgehead atoms. The number of dihydropyridines is 1. The van der Waals surface area contributed by atoms with Crippen molar-refractivity contribution in [1.29, 1.82) is 0 Å². The van der Waals surface area contributed by atoms with Crippen LogP contribution in [-0.4, -0.2) is 38.2 Å². The second kappa shape index (κ2) is 7.92. The third kappa shape index (κ3) is 3.46. The number of amides is 1. The van der Waals surface area contributed by atoms with Crippen LogP contribution in [0.1, 0.15) is 18.2 Å². The van der Waals surface area contributed by atoms with E-state index >= 15 is 0 Å². The standard InChI is InChI=1S/C19H21N5O4S2/c1-9-10(2)23-18(21)15(12(9)7-22-8-25)14-11(3)24-19(26)16(20)17(14)30(27,28)13-5-4-6-29-13/h4-6,8,10H,1,7,20H2,2-3H3,(H2,21,23)(H,22,25)(H,24,26). The van der Waals surface area contributed by atoms with E-state index in [-0.39, 0.29) is 44.4 Å². The summed E-state index contributed by atoms with van der Waals surface area (Å²) in [7, 11) is -4.14. The number of anilines is 1. The van der Waals surface area contributed by atoms with Gasteiger partial charge in [-0.25, -0.2) is 8.42 Å². The number of H-pyrrole nitrogens is 1. The van der Waals surface area contributed by atoms with E-state index in [0.717, 1.165) is 11.3 Å². The summed E-state index contributed by atoms with van der Waals surface area (Å²) in [6.07, 6.45) is 0.516. The summed E-state index contributed by atoms with van der Waals surface area (Å²) in [5.74, 6) is 0.0646. The van der Waals surface area contributed by atoms with E-state index in [9.17, 15) is 18.0 Å². The predicted molar refractivity (Wildman–Crippen MR) is 117 cm³/mol. The van der Waals surface area contributed by atoms with Crippen LogP contribution in [0.2, 0.25) is 0 Å². The van der Waals surface area contributed by atoms with Crippen LogP contribution in [0.4, 0.5) is 5.69 Å². The van der Waals surface area contributed by atoms with Crippen LogP contribution in [0.5, 0.6) is 0 Å². The second-order valence-electron chi connectivity index (χ2n) is 6.70. The first-order valence-electron chi connectivity index (χ1n) is 8.85. The Kier molecular flexibility index (Phi) is 5.68. The van der Waals surface area contributed by atoms with E-state index in [0.29, 0.717) is 17.6 Å². The maximum Gasteiger partial charge on any atom is 0.272 e. The number of nitrogen functional groups attached to an aromatic ring is 1. The number of rotatable bonds is 6. The SMILES string of the molecule is C=C1C(CNC=O)=C(c2c(C)[nH]c(=O)c(N)c2S(=O)(=O)c2cccs2)C(N)=NC1C. The highest BCUT2D eigenvalue weighted by Gasteiger charge is 2.34. The summed E-state index contributed by atoms with van der Waals surface area (Å²) < 4.78 is 26.9. The van der Waals surface area contributed by atoms with Crippen LogP contribution in [-0.2, 0) is 14.6 Å². The van der Waals surface area contributed by atoms with Crippen molar-refractivity contribution in [3.63, 3.8) is 0 Å². The van der Waals surface area contributed by atoms with Crippen molar-refractivity contribution in [2.75, 3.05) is 12.3 Å². The number of amidine groups is 1. The van der Waals surface area contributed by atoms with Gasteiger partial charge >= 0.3 is 0 Å². The molecule has 1 aliphatic rings. The summed E-state index contributed by atoms with van der Waals surface area (Å²) in [6.45, 7) is 7.41. The molecule has 3 rings (SSSR count). The van der Waals surface area contributed by atoms with Gasteiger partial charge in [-0.15, -0.1) is 11.3 Å². The molecule has 0 aliphatic carbocycles. The molecule has 2 aromatic rings. The van der Waals surface area contributed by atoms with E-state index in [1.165, 1.54) is 6.07 Å². The lowest BCUT2D eigenvalue weighted by atomic mass is 9.88. The molecule has 0 spiro atoms. The fraction of sp³-hybridized carbons (Fsp3) is 0.211. The third-order valence-corrected chi connectivity index (χ3v) is 8.05. The largest absolute Gasteiger partial charge is 0.393 e. The summed E-state index contributed by atoms with van der Waals surface area (Å²) in [4.78, 5) is 29.9. The minimum Gasteiger partial charge on any atom is -0.393 e. The molecule has 0 saturated heterocycles. The lowest BCUT2D eigenvalue weighted by molar-refractivity contribution is -0.109. The highest BCUT2D eigenvalue weighted by Crippen LogP contribution is 2.38. The summed E-state index contributed by atoms with van der Waals surface area (Å²) >= 11 is 1.01. The van der Waals surface area contributed by atoms with Gasteiger partial charge in [-0.1, -0.05) is 12.6 Å². The van der Waals surface area contributed by atoms with Gasteiger partial charge in [-0.2, -0.15) is 0 Å². The maximum absolute atomic E-state index is 13.4. The number of nitrogens with one attached hydrogen (secondary N) is 2. The van der Waals surface area contributed by atoms with Crippen molar-refractivity contribution in [3.05, 3.63) is 56.8 Å². The number of aromatic nitrogens is 1. The van der Waals surface area contributed by atoms with Gasteiger partial charge in [0.15, 0.2) is 0 Å². The molecule has 11 heteroatoms. The van der Waals surface area contributed by atoms with Gasteiger partial charge in [0.05, 0.1) is 6.04 Å². The molecular weight excluding hydrogens is 426 g/mol. The molecule has 1 atom stereocenters. The number of hydrogen-bond acceptors (Lipinski definition) is 8. The Bertz CT molecular complexity index is 1250. The molecule has 0 fully saturated rings. The Morgan fingerprint density at radius 3 is 2.70 bits per heavy atom. The minimum absolute atomic E-state index is 0.0344. The van der Waals surface area contributed by atoms with Gasteiger partial charge in [0.2, 0.25) is 16.2 Å². The van der Waals surface area contributed by atoms with E-state index in [2.05, 4.69) is 21.9 Å². The number of sulfone groups is 1. The third-order valence-electron chi connectivity index (χ3n) is 4.82. The van der Waals surface area contributed by atoms with Gasteiger partial charge in [0.1, 0.15) is 20.6 Å². The number of carbonyl (C=O) groups excluding carboxylic acids is 1. The molecule has 9 nitrogen and oxygen atoms in total. The molecule has 158 valence electrons. The summed E-state index contributed by atoms with van der Waals surface area (Å²) in [5, 5.41) is 4.17. The highest BCUT2D eigenvalue weighted by atomic mass is 32.2. The van der Waals surface area contributed by atoms with Gasteiger partial charge in [-0.05, 0) is 36.4 Å². The number of nitrogens with two attached hydrogens (primary N) is 2. The molecule has 30 heavy (non-hydrogen) atoms. The summed E-state index contributed by atoms with van der Waals surface area (Å²) in [6, 6.07) is 2.66. The Labute approximate surface area is 177 Å². The van der Waals surface area contributed by atoms with Crippen LogP contribution in [0.15, 0.2) is 54.1 Å². The molecule has 0 aromatic carbocycles. The van der Waals surface area contributed by atoms with Gasteiger partial charge < -0.3 is 21.8 Å². The van der Waals surface area contributed by atoms with E-state index < -0.39 is 21.1 Å². The molecule has 3 heterocycles. The fourth-order valence-electron chi connectivity index (χ4n) is 3.35.